The number of rotatable bonds is 11. The van der Waals surface area contributed by atoms with Gasteiger partial charge in [0.05, 0.1) is 13.2 Å². The molecule has 0 rings (SSSR count). The van der Waals surface area contributed by atoms with Crippen LogP contribution in [0.4, 0.5) is 0 Å². The van der Waals surface area contributed by atoms with Gasteiger partial charge < -0.3 is 9.47 Å². The molecule has 20 heavy (non-hydrogen) atoms. The zero-order valence-corrected chi connectivity index (χ0v) is 13.0. The molecule has 1 atom stereocenters. The number of carbonyl (C=O) groups excluding carboxylic acids is 1. The Morgan fingerprint density at radius 2 is 1.95 bits per heavy atom. The molecule has 0 aliphatic carbocycles. The molecule has 0 aromatic heterocycles. The second-order valence-electron chi connectivity index (χ2n) is 4.55. The van der Waals surface area contributed by atoms with Gasteiger partial charge in [-0.3, -0.25) is 4.79 Å². The van der Waals surface area contributed by atoms with Gasteiger partial charge in [-0.2, -0.15) is 0 Å². The molecule has 3 nitrogen and oxygen atoms in total. The van der Waals surface area contributed by atoms with Gasteiger partial charge in [0.2, 0.25) is 0 Å². The predicted octanol–water partition coefficient (Wildman–Crippen LogP) is 4.20. The average molecular weight is 280 g/mol. The second kappa shape index (κ2) is 14.1. The summed E-state index contributed by atoms with van der Waals surface area (Å²) in [4.78, 5) is 11.0. The van der Waals surface area contributed by atoms with E-state index in [1.54, 1.807) is 7.11 Å². The molecule has 0 aromatic rings. The molecule has 114 valence electrons. The SMILES string of the molecule is CCCC=CCC=CC=CC(CCCC(=O)OC)OC. The second-order valence-corrected chi connectivity index (χ2v) is 4.55. The largest absolute Gasteiger partial charge is 0.469 e. The Morgan fingerprint density at radius 1 is 1.15 bits per heavy atom. The first-order chi connectivity index (χ1) is 9.74. The van der Waals surface area contributed by atoms with Gasteiger partial charge in [0.25, 0.3) is 0 Å². The third-order valence-corrected chi connectivity index (χ3v) is 2.87. The highest BCUT2D eigenvalue weighted by molar-refractivity contribution is 5.68. The third-order valence-electron chi connectivity index (χ3n) is 2.87. The summed E-state index contributed by atoms with van der Waals surface area (Å²) >= 11 is 0. The van der Waals surface area contributed by atoms with E-state index in [9.17, 15) is 4.79 Å². The van der Waals surface area contributed by atoms with Crippen LogP contribution in [0.25, 0.3) is 0 Å². The molecule has 0 amide bonds. The molecular weight excluding hydrogens is 252 g/mol. The summed E-state index contributed by atoms with van der Waals surface area (Å²) in [6, 6.07) is 0. The van der Waals surface area contributed by atoms with Crippen LogP contribution in [0, 0.1) is 0 Å². The monoisotopic (exact) mass is 280 g/mol. The van der Waals surface area contributed by atoms with E-state index < -0.39 is 0 Å². The van der Waals surface area contributed by atoms with Crippen molar-refractivity contribution in [3.8, 4) is 0 Å². The standard InChI is InChI=1S/C17H28O3/c1-4-5-6-7-8-9-10-11-13-16(19-2)14-12-15-17(18)20-3/h6-7,9-11,13,16H,4-5,8,12,14-15H2,1-3H3. The van der Waals surface area contributed by atoms with Crippen LogP contribution in [0.5, 0.6) is 0 Å². The molecule has 1 unspecified atom stereocenters. The molecule has 0 aliphatic heterocycles. The lowest BCUT2D eigenvalue weighted by molar-refractivity contribution is -0.140. The minimum absolute atomic E-state index is 0.0555. The number of methoxy groups -OCH3 is 2. The van der Waals surface area contributed by atoms with E-state index in [4.69, 9.17) is 4.74 Å². The Morgan fingerprint density at radius 3 is 2.60 bits per heavy atom. The van der Waals surface area contributed by atoms with Crippen molar-refractivity contribution in [1.82, 2.24) is 0 Å². The normalized spacial score (nSPS) is 13.6. The first kappa shape index (κ1) is 18.7. The van der Waals surface area contributed by atoms with E-state index in [1.165, 1.54) is 13.5 Å². The van der Waals surface area contributed by atoms with Crippen LogP contribution in [0.15, 0.2) is 36.5 Å². The van der Waals surface area contributed by atoms with Gasteiger partial charge in [-0.05, 0) is 25.7 Å². The van der Waals surface area contributed by atoms with Gasteiger partial charge in [0.1, 0.15) is 0 Å². The number of esters is 1. The number of hydrogen-bond donors (Lipinski definition) is 0. The van der Waals surface area contributed by atoms with Crippen LogP contribution in [0.2, 0.25) is 0 Å². The lowest BCUT2D eigenvalue weighted by atomic mass is 10.1. The van der Waals surface area contributed by atoms with Crippen molar-refractivity contribution < 1.29 is 14.3 Å². The fourth-order valence-corrected chi connectivity index (χ4v) is 1.65. The van der Waals surface area contributed by atoms with Gasteiger partial charge in [0.15, 0.2) is 0 Å². The molecule has 0 saturated carbocycles. The predicted molar refractivity (Wildman–Crippen MR) is 83.6 cm³/mol. The van der Waals surface area contributed by atoms with Crippen LogP contribution >= 0.6 is 0 Å². The summed E-state index contributed by atoms with van der Waals surface area (Å²) < 4.78 is 9.94. The Bertz CT molecular complexity index is 316. The molecule has 3 heteroatoms. The van der Waals surface area contributed by atoms with Crippen LogP contribution in [0.3, 0.4) is 0 Å². The molecule has 0 radical (unpaired) electrons. The summed E-state index contributed by atoms with van der Waals surface area (Å²) in [7, 11) is 3.10. The van der Waals surface area contributed by atoms with Crippen molar-refractivity contribution in [1.29, 1.82) is 0 Å². The minimum Gasteiger partial charge on any atom is -0.469 e. The number of carbonyl (C=O) groups is 1. The van der Waals surface area contributed by atoms with Crippen molar-refractivity contribution in [2.75, 3.05) is 14.2 Å². The maximum atomic E-state index is 11.0. The Labute approximate surface area is 123 Å². The van der Waals surface area contributed by atoms with E-state index in [0.29, 0.717) is 6.42 Å². The van der Waals surface area contributed by atoms with E-state index in [0.717, 1.165) is 25.7 Å². The maximum Gasteiger partial charge on any atom is 0.305 e. The Kier molecular flexibility index (Phi) is 13.1. The van der Waals surface area contributed by atoms with Gasteiger partial charge in [0, 0.05) is 13.5 Å². The molecule has 0 bridgehead atoms. The van der Waals surface area contributed by atoms with Gasteiger partial charge in [-0.1, -0.05) is 49.8 Å². The summed E-state index contributed by atoms with van der Waals surface area (Å²) in [5.41, 5.74) is 0. The van der Waals surface area contributed by atoms with Crippen molar-refractivity contribution in [3.05, 3.63) is 36.5 Å². The van der Waals surface area contributed by atoms with Crippen molar-refractivity contribution in [3.63, 3.8) is 0 Å². The average Bonchev–Trinajstić information content (AvgIpc) is 2.47. The topological polar surface area (TPSA) is 35.5 Å². The fourth-order valence-electron chi connectivity index (χ4n) is 1.65. The highest BCUT2D eigenvalue weighted by Gasteiger charge is 2.05. The van der Waals surface area contributed by atoms with Crippen molar-refractivity contribution in [2.45, 2.75) is 51.6 Å². The fraction of sp³-hybridized carbons (Fsp3) is 0.588. The molecule has 0 aliphatic rings. The first-order valence-electron chi connectivity index (χ1n) is 7.32. The van der Waals surface area contributed by atoms with E-state index in [1.807, 2.05) is 18.2 Å². The van der Waals surface area contributed by atoms with Crippen LogP contribution < -0.4 is 0 Å². The molecule has 0 N–H and O–H groups in total. The lowest BCUT2D eigenvalue weighted by Gasteiger charge is -2.09. The zero-order valence-electron chi connectivity index (χ0n) is 13.0. The number of ether oxygens (including phenoxy) is 2. The van der Waals surface area contributed by atoms with Gasteiger partial charge in [-0.15, -0.1) is 0 Å². The lowest BCUT2D eigenvalue weighted by Crippen LogP contribution is -2.08. The molecule has 0 saturated heterocycles. The Balaban J connectivity index is 3.83. The highest BCUT2D eigenvalue weighted by atomic mass is 16.5. The number of unbranched alkanes of at least 4 members (excludes halogenated alkanes) is 1. The Hall–Kier alpha value is -1.35. The van der Waals surface area contributed by atoms with E-state index in [-0.39, 0.29) is 12.1 Å². The van der Waals surface area contributed by atoms with E-state index in [2.05, 4.69) is 29.9 Å². The van der Waals surface area contributed by atoms with E-state index >= 15 is 0 Å². The summed E-state index contributed by atoms with van der Waals surface area (Å²) in [6.45, 7) is 2.17. The van der Waals surface area contributed by atoms with Crippen LogP contribution in [-0.2, 0) is 14.3 Å². The first-order valence-corrected chi connectivity index (χ1v) is 7.32. The highest BCUT2D eigenvalue weighted by Crippen LogP contribution is 2.06. The molecule has 0 spiro atoms. The summed E-state index contributed by atoms with van der Waals surface area (Å²) in [5.74, 6) is -0.164. The smallest absolute Gasteiger partial charge is 0.305 e. The van der Waals surface area contributed by atoms with Crippen molar-refractivity contribution >= 4 is 5.97 Å². The molecule has 0 heterocycles. The minimum atomic E-state index is -0.164. The summed E-state index contributed by atoms with van der Waals surface area (Å²) in [6.07, 6.45) is 18.0. The number of allylic oxidation sites excluding steroid dienone is 5. The molecule has 0 aromatic carbocycles. The van der Waals surface area contributed by atoms with Crippen molar-refractivity contribution in [2.24, 2.45) is 0 Å². The van der Waals surface area contributed by atoms with Crippen LogP contribution in [-0.4, -0.2) is 26.3 Å². The van der Waals surface area contributed by atoms with Gasteiger partial charge >= 0.3 is 5.97 Å². The number of hydrogen-bond acceptors (Lipinski definition) is 3. The zero-order chi connectivity index (χ0) is 15.1. The molecule has 0 fully saturated rings. The van der Waals surface area contributed by atoms with Crippen LogP contribution in [0.1, 0.15) is 45.4 Å². The maximum absolute atomic E-state index is 11.0. The van der Waals surface area contributed by atoms with Gasteiger partial charge in [-0.25, -0.2) is 0 Å². The molecular formula is C17H28O3. The summed E-state index contributed by atoms with van der Waals surface area (Å²) in [5, 5.41) is 0. The quantitative estimate of drug-likeness (QED) is 0.323. The third kappa shape index (κ3) is 11.7.